The van der Waals surface area contributed by atoms with Crippen molar-refractivity contribution in [2.24, 2.45) is 0 Å². The van der Waals surface area contributed by atoms with Gasteiger partial charge in [-0.2, -0.15) is 9.98 Å². The lowest BCUT2D eigenvalue weighted by Gasteiger charge is -2.17. The number of nitrogens with one attached hydrogen (secondary N) is 1. The number of nitrogens with zero attached hydrogens (tertiary/aromatic N) is 1. The van der Waals surface area contributed by atoms with Crippen LogP contribution in [0.15, 0.2) is 23.1 Å². The van der Waals surface area contributed by atoms with E-state index in [1.54, 1.807) is 13.0 Å². The molecule has 0 unspecified atom stereocenters. The van der Waals surface area contributed by atoms with E-state index in [0.29, 0.717) is 5.02 Å². The minimum absolute atomic E-state index is 0.0522. The van der Waals surface area contributed by atoms with Crippen LogP contribution in [-0.4, -0.2) is 14.0 Å². The van der Waals surface area contributed by atoms with E-state index in [0.717, 1.165) is 5.56 Å². The second kappa shape index (κ2) is 4.65. The van der Waals surface area contributed by atoms with E-state index in [1.165, 1.54) is 26.0 Å². The molecule has 92 valence electrons. The molecule has 0 radical (unpaired) electrons. The van der Waals surface area contributed by atoms with Crippen LogP contribution in [0.4, 0.5) is 0 Å². The normalized spacial score (nSPS) is 12.2. The Morgan fingerprint density at radius 3 is 2.47 bits per heavy atom. The summed E-state index contributed by atoms with van der Waals surface area (Å²) in [5, 5.41) is 9.18. The van der Waals surface area contributed by atoms with Crippen molar-refractivity contribution in [2.75, 3.05) is 0 Å². The van der Waals surface area contributed by atoms with Crippen LogP contribution in [-0.2, 0) is 10.0 Å². The Balaban J connectivity index is 3.16. The van der Waals surface area contributed by atoms with Gasteiger partial charge in [-0.1, -0.05) is 17.7 Å². The van der Waals surface area contributed by atoms with Gasteiger partial charge in [0.2, 0.25) is 10.0 Å². The molecule has 1 aromatic rings. The first kappa shape index (κ1) is 14.0. The van der Waals surface area contributed by atoms with Crippen LogP contribution in [0.1, 0.15) is 19.4 Å². The summed E-state index contributed by atoms with van der Waals surface area (Å²) in [6.07, 6.45) is 0. The highest BCUT2D eigenvalue weighted by molar-refractivity contribution is 7.89. The standard InChI is InChI=1S/C11H13ClN2O2S/c1-8-4-5-9(6-10(8)12)17(15,16)14-11(2,3)7-13/h4-6,14H,1-3H3. The monoisotopic (exact) mass is 272 g/mol. The fourth-order valence-electron chi connectivity index (χ4n) is 1.16. The first-order chi connectivity index (χ1) is 7.68. The summed E-state index contributed by atoms with van der Waals surface area (Å²) in [7, 11) is -3.73. The molecule has 0 aliphatic carbocycles. The minimum atomic E-state index is -3.73. The number of hydrogen-bond acceptors (Lipinski definition) is 3. The molecule has 0 aliphatic heterocycles. The predicted octanol–water partition coefficient (Wildman–Crippen LogP) is 2.23. The lowest BCUT2D eigenvalue weighted by Crippen LogP contribution is -2.41. The van der Waals surface area contributed by atoms with Gasteiger partial charge >= 0.3 is 0 Å². The molecule has 1 N–H and O–H groups in total. The zero-order chi connectivity index (χ0) is 13.3. The highest BCUT2D eigenvalue weighted by atomic mass is 35.5. The highest BCUT2D eigenvalue weighted by Gasteiger charge is 2.26. The van der Waals surface area contributed by atoms with Crippen molar-refractivity contribution < 1.29 is 8.42 Å². The number of halogens is 1. The van der Waals surface area contributed by atoms with E-state index in [1.807, 2.05) is 6.07 Å². The van der Waals surface area contributed by atoms with Crippen LogP contribution in [0.3, 0.4) is 0 Å². The van der Waals surface area contributed by atoms with Crippen molar-refractivity contribution in [1.29, 1.82) is 5.26 Å². The molecule has 4 nitrogen and oxygen atoms in total. The van der Waals surface area contributed by atoms with Gasteiger partial charge in [0.15, 0.2) is 0 Å². The molecule has 0 bridgehead atoms. The van der Waals surface area contributed by atoms with E-state index in [4.69, 9.17) is 16.9 Å². The summed E-state index contributed by atoms with van der Waals surface area (Å²) >= 11 is 5.87. The summed E-state index contributed by atoms with van der Waals surface area (Å²) in [4.78, 5) is 0.0522. The molecule has 0 saturated carbocycles. The van der Waals surface area contributed by atoms with E-state index in [9.17, 15) is 8.42 Å². The van der Waals surface area contributed by atoms with Gasteiger partial charge in [-0.3, -0.25) is 0 Å². The lowest BCUT2D eigenvalue weighted by atomic mass is 10.1. The second-order valence-corrected chi connectivity index (χ2v) is 6.34. The zero-order valence-electron chi connectivity index (χ0n) is 9.78. The number of hydrogen-bond donors (Lipinski definition) is 1. The number of aryl methyl sites for hydroxylation is 1. The lowest BCUT2D eigenvalue weighted by molar-refractivity contribution is 0.535. The Hall–Kier alpha value is -1.09. The Morgan fingerprint density at radius 2 is 2.00 bits per heavy atom. The highest BCUT2D eigenvalue weighted by Crippen LogP contribution is 2.20. The van der Waals surface area contributed by atoms with Gasteiger partial charge in [0.1, 0.15) is 5.54 Å². The predicted molar refractivity (Wildman–Crippen MR) is 66.2 cm³/mol. The molecule has 0 heterocycles. The fourth-order valence-corrected chi connectivity index (χ4v) is 2.76. The Labute approximate surface area is 106 Å². The summed E-state index contributed by atoms with van der Waals surface area (Å²) in [6.45, 7) is 4.76. The fraction of sp³-hybridized carbons (Fsp3) is 0.364. The minimum Gasteiger partial charge on any atom is -0.207 e. The van der Waals surface area contributed by atoms with Crippen LogP contribution in [0.25, 0.3) is 0 Å². The maximum atomic E-state index is 11.9. The van der Waals surface area contributed by atoms with Crippen molar-refractivity contribution in [3.63, 3.8) is 0 Å². The van der Waals surface area contributed by atoms with Crippen molar-refractivity contribution >= 4 is 21.6 Å². The molecule has 1 aromatic carbocycles. The van der Waals surface area contributed by atoms with E-state index < -0.39 is 15.6 Å². The number of nitriles is 1. The van der Waals surface area contributed by atoms with Crippen LogP contribution < -0.4 is 4.72 Å². The van der Waals surface area contributed by atoms with Gasteiger partial charge in [0.25, 0.3) is 0 Å². The van der Waals surface area contributed by atoms with E-state index in [2.05, 4.69) is 4.72 Å². The molecule has 0 saturated heterocycles. The van der Waals surface area contributed by atoms with Crippen molar-refractivity contribution in [2.45, 2.75) is 31.2 Å². The van der Waals surface area contributed by atoms with Crippen molar-refractivity contribution in [1.82, 2.24) is 4.72 Å². The first-order valence-electron chi connectivity index (χ1n) is 4.89. The van der Waals surface area contributed by atoms with Gasteiger partial charge in [0.05, 0.1) is 11.0 Å². The van der Waals surface area contributed by atoms with Crippen molar-refractivity contribution in [3.05, 3.63) is 28.8 Å². The van der Waals surface area contributed by atoms with Crippen LogP contribution in [0.5, 0.6) is 0 Å². The van der Waals surface area contributed by atoms with Gasteiger partial charge < -0.3 is 0 Å². The first-order valence-corrected chi connectivity index (χ1v) is 6.75. The number of rotatable bonds is 3. The SMILES string of the molecule is Cc1ccc(S(=O)(=O)NC(C)(C)C#N)cc1Cl. The molecule has 1 rings (SSSR count). The van der Waals surface area contributed by atoms with Crippen molar-refractivity contribution in [3.8, 4) is 6.07 Å². The molecular formula is C11H13ClN2O2S. The molecule has 0 amide bonds. The van der Waals surface area contributed by atoms with Gasteiger partial charge in [-0.05, 0) is 38.5 Å². The molecular weight excluding hydrogens is 260 g/mol. The number of sulfonamides is 1. The largest absolute Gasteiger partial charge is 0.241 e. The summed E-state index contributed by atoms with van der Waals surface area (Å²) in [5.74, 6) is 0. The smallest absolute Gasteiger partial charge is 0.207 e. The molecule has 0 aliphatic rings. The van der Waals surface area contributed by atoms with Crippen LogP contribution >= 0.6 is 11.6 Å². The third kappa shape index (κ3) is 3.43. The molecule has 0 aromatic heterocycles. The summed E-state index contributed by atoms with van der Waals surface area (Å²) in [5.41, 5.74) is -0.360. The zero-order valence-corrected chi connectivity index (χ0v) is 11.4. The topological polar surface area (TPSA) is 70.0 Å². The van der Waals surface area contributed by atoms with E-state index in [-0.39, 0.29) is 4.90 Å². The quantitative estimate of drug-likeness (QED) is 0.917. The maximum absolute atomic E-state index is 11.9. The second-order valence-electron chi connectivity index (χ2n) is 4.25. The van der Waals surface area contributed by atoms with Crippen LogP contribution in [0, 0.1) is 18.3 Å². The average Bonchev–Trinajstić information content (AvgIpc) is 2.20. The average molecular weight is 273 g/mol. The van der Waals surface area contributed by atoms with Gasteiger partial charge in [-0.15, -0.1) is 0 Å². The summed E-state index contributed by atoms with van der Waals surface area (Å²) < 4.78 is 26.2. The Kier molecular flexibility index (Phi) is 3.82. The van der Waals surface area contributed by atoms with Gasteiger partial charge in [-0.25, -0.2) is 8.42 Å². The third-order valence-electron chi connectivity index (χ3n) is 2.12. The summed E-state index contributed by atoms with van der Waals surface area (Å²) in [6, 6.07) is 6.31. The molecule has 0 spiro atoms. The van der Waals surface area contributed by atoms with Gasteiger partial charge in [0, 0.05) is 5.02 Å². The van der Waals surface area contributed by atoms with Crippen LogP contribution in [0.2, 0.25) is 5.02 Å². The Morgan fingerprint density at radius 1 is 1.41 bits per heavy atom. The number of benzene rings is 1. The molecule has 0 fully saturated rings. The maximum Gasteiger partial charge on any atom is 0.241 e. The molecule has 0 atom stereocenters. The third-order valence-corrected chi connectivity index (χ3v) is 4.18. The Bertz CT molecular complexity index is 574. The molecule has 17 heavy (non-hydrogen) atoms. The molecule has 6 heteroatoms. The van der Waals surface area contributed by atoms with E-state index >= 15 is 0 Å².